The summed E-state index contributed by atoms with van der Waals surface area (Å²) in [6.07, 6.45) is 3.33. The summed E-state index contributed by atoms with van der Waals surface area (Å²) >= 11 is 0. The van der Waals surface area contributed by atoms with Gasteiger partial charge in [-0.15, -0.1) is 0 Å². The van der Waals surface area contributed by atoms with E-state index in [1.165, 1.54) is 22.5 Å². The number of hydrogen-bond donors (Lipinski definition) is 0. The van der Waals surface area contributed by atoms with Crippen LogP contribution in [0.3, 0.4) is 0 Å². The highest BCUT2D eigenvalue weighted by Gasteiger charge is 2.32. The van der Waals surface area contributed by atoms with E-state index in [0.29, 0.717) is 37.9 Å². The van der Waals surface area contributed by atoms with Crippen LogP contribution in [0.4, 0.5) is 4.39 Å². The molecule has 3 aromatic rings. The average Bonchev–Trinajstić information content (AvgIpc) is 3.24. The summed E-state index contributed by atoms with van der Waals surface area (Å²) in [6, 6.07) is 8.56. The van der Waals surface area contributed by atoms with E-state index < -0.39 is 15.8 Å². The number of halogens is 1. The van der Waals surface area contributed by atoms with E-state index >= 15 is 0 Å². The predicted molar refractivity (Wildman–Crippen MR) is 103 cm³/mol. The van der Waals surface area contributed by atoms with Gasteiger partial charge in [-0.05, 0) is 37.3 Å². The lowest BCUT2D eigenvalue weighted by molar-refractivity contribution is 0.124. The zero-order valence-corrected chi connectivity index (χ0v) is 16.6. The fraction of sp³-hybridized carbons (Fsp3) is 0.316. The maximum Gasteiger partial charge on any atom is 0.244 e. The van der Waals surface area contributed by atoms with Gasteiger partial charge in [0.05, 0.1) is 10.9 Å². The summed E-state index contributed by atoms with van der Waals surface area (Å²) in [5.41, 5.74) is 0.765. The molecular weight excluding hydrogens is 397 g/mol. The zero-order valence-electron chi connectivity index (χ0n) is 15.8. The van der Waals surface area contributed by atoms with Crippen molar-refractivity contribution < 1.29 is 17.3 Å². The molecule has 0 saturated carbocycles. The Balaban J connectivity index is 1.43. The third-order valence-electron chi connectivity index (χ3n) is 4.97. The number of rotatable bonds is 5. The van der Waals surface area contributed by atoms with Crippen molar-refractivity contribution in [2.24, 2.45) is 0 Å². The summed E-state index contributed by atoms with van der Waals surface area (Å²) in [4.78, 5) is 10.5. The van der Waals surface area contributed by atoms with Gasteiger partial charge < -0.3 is 4.52 Å². The number of benzene rings is 1. The average molecular weight is 417 g/mol. The highest BCUT2D eigenvalue weighted by atomic mass is 32.2. The Kier molecular flexibility index (Phi) is 5.39. The zero-order chi connectivity index (χ0) is 20.4. The molecule has 1 aliphatic rings. The Bertz CT molecular complexity index is 1080. The first-order chi connectivity index (χ1) is 13.9. The summed E-state index contributed by atoms with van der Waals surface area (Å²) < 4.78 is 45.7. The molecule has 0 N–H and O–H groups in total. The van der Waals surface area contributed by atoms with Crippen LogP contribution in [-0.2, 0) is 10.0 Å². The standard InChI is InChI=1S/C19H20FN5O3S/c1-14(19-22-18(23-28-19)15-4-3-7-21-13-15)24-8-10-25(11-9-24)29(26,27)17-6-2-5-16(20)12-17/h2-7,12-14H,8-11H2,1H3. The maximum atomic E-state index is 13.4. The number of aromatic nitrogens is 3. The topological polar surface area (TPSA) is 92.4 Å². The molecule has 29 heavy (non-hydrogen) atoms. The molecule has 152 valence electrons. The number of hydrogen-bond acceptors (Lipinski definition) is 7. The van der Waals surface area contributed by atoms with Crippen LogP contribution in [0, 0.1) is 5.82 Å². The smallest absolute Gasteiger partial charge is 0.244 e. The Morgan fingerprint density at radius 2 is 1.93 bits per heavy atom. The first-order valence-corrected chi connectivity index (χ1v) is 10.6. The first-order valence-electron chi connectivity index (χ1n) is 9.19. The van der Waals surface area contributed by atoms with Gasteiger partial charge in [-0.25, -0.2) is 12.8 Å². The third kappa shape index (κ3) is 4.04. The molecule has 4 rings (SSSR count). The molecule has 3 heterocycles. The van der Waals surface area contributed by atoms with Gasteiger partial charge in [0.25, 0.3) is 0 Å². The van der Waals surface area contributed by atoms with Gasteiger partial charge in [-0.1, -0.05) is 11.2 Å². The first kappa shape index (κ1) is 19.6. The van der Waals surface area contributed by atoms with Gasteiger partial charge in [0.15, 0.2) is 0 Å². The van der Waals surface area contributed by atoms with E-state index in [1.54, 1.807) is 18.5 Å². The SMILES string of the molecule is CC(c1nc(-c2cccnc2)no1)N1CCN(S(=O)(=O)c2cccc(F)c2)CC1. The minimum Gasteiger partial charge on any atom is -0.337 e. The highest BCUT2D eigenvalue weighted by molar-refractivity contribution is 7.89. The van der Waals surface area contributed by atoms with Crippen LogP contribution in [0.25, 0.3) is 11.4 Å². The second kappa shape index (κ2) is 7.97. The van der Waals surface area contributed by atoms with Gasteiger partial charge in [0.1, 0.15) is 5.82 Å². The quantitative estimate of drug-likeness (QED) is 0.629. The summed E-state index contributed by atoms with van der Waals surface area (Å²) in [6.45, 7) is 3.54. The molecule has 0 radical (unpaired) electrons. The Labute approximate surface area is 168 Å². The molecule has 1 aliphatic heterocycles. The van der Waals surface area contributed by atoms with Crippen molar-refractivity contribution in [3.63, 3.8) is 0 Å². The highest BCUT2D eigenvalue weighted by Crippen LogP contribution is 2.25. The van der Waals surface area contributed by atoms with Crippen LogP contribution in [0.2, 0.25) is 0 Å². The fourth-order valence-corrected chi connectivity index (χ4v) is 4.74. The van der Waals surface area contributed by atoms with E-state index in [2.05, 4.69) is 20.0 Å². The molecule has 8 nitrogen and oxygen atoms in total. The van der Waals surface area contributed by atoms with E-state index in [4.69, 9.17) is 4.52 Å². The normalized spacial score (nSPS) is 17.3. The van der Waals surface area contributed by atoms with Crippen LogP contribution in [0.15, 0.2) is 58.2 Å². The molecule has 1 fully saturated rings. The number of pyridine rings is 1. The van der Waals surface area contributed by atoms with Crippen LogP contribution >= 0.6 is 0 Å². The van der Waals surface area contributed by atoms with Crippen molar-refractivity contribution in [1.29, 1.82) is 0 Å². The number of nitrogens with zero attached hydrogens (tertiary/aromatic N) is 5. The number of piperazine rings is 1. The van der Waals surface area contributed by atoms with Crippen molar-refractivity contribution in [2.75, 3.05) is 26.2 Å². The lowest BCUT2D eigenvalue weighted by Gasteiger charge is -2.36. The maximum absolute atomic E-state index is 13.4. The summed E-state index contributed by atoms with van der Waals surface area (Å²) in [7, 11) is -3.72. The molecule has 2 aromatic heterocycles. The molecule has 0 aliphatic carbocycles. The van der Waals surface area contributed by atoms with Crippen LogP contribution in [-0.4, -0.2) is 58.9 Å². The minimum absolute atomic E-state index is 0.0305. The van der Waals surface area contributed by atoms with Gasteiger partial charge in [0, 0.05) is 44.1 Å². The summed E-state index contributed by atoms with van der Waals surface area (Å²) in [5.74, 6) is 0.358. The van der Waals surface area contributed by atoms with E-state index in [-0.39, 0.29) is 10.9 Å². The van der Waals surface area contributed by atoms with Gasteiger partial charge in [0.2, 0.25) is 21.7 Å². The van der Waals surface area contributed by atoms with Crippen LogP contribution in [0.1, 0.15) is 18.9 Å². The van der Waals surface area contributed by atoms with E-state index in [1.807, 2.05) is 13.0 Å². The predicted octanol–water partition coefficient (Wildman–Crippen LogP) is 2.34. The summed E-state index contributed by atoms with van der Waals surface area (Å²) in [5, 5.41) is 4.01. The number of sulfonamides is 1. The van der Waals surface area contributed by atoms with Crippen LogP contribution < -0.4 is 0 Å². The minimum atomic E-state index is -3.72. The Hall–Kier alpha value is -2.69. The largest absolute Gasteiger partial charge is 0.337 e. The fourth-order valence-electron chi connectivity index (χ4n) is 3.28. The molecule has 1 saturated heterocycles. The van der Waals surface area contributed by atoms with Crippen LogP contribution in [0.5, 0.6) is 0 Å². The lowest BCUT2D eigenvalue weighted by Crippen LogP contribution is -2.49. The van der Waals surface area contributed by atoms with Crippen molar-refractivity contribution >= 4 is 10.0 Å². The van der Waals surface area contributed by atoms with E-state index in [9.17, 15) is 12.8 Å². The van der Waals surface area contributed by atoms with Gasteiger partial charge in [-0.3, -0.25) is 9.88 Å². The molecule has 0 bridgehead atoms. The Morgan fingerprint density at radius 1 is 1.14 bits per heavy atom. The molecule has 0 amide bonds. The third-order valence-corrected chi connectivity index (χ3v) is 6.87. The van der Waals surface area contributed by atoms with Gasteiger partial charge in [-0.2, -0.15) is 9.29 Å². The van der Waals surface area contributed by atoms with E-state index in [0.717, 1.165) is 11.6 Å². The molecular formula is C19H20FN5O3S. The lowest BCUT2D eigenvalue weighted by atomic mass is 10.2. The second-order valence-corrected chi connectivity index (χ2v) is 8.71. The molecule has 1 unspecified atom stereocenters. The second-order valence-electron chi connectivity index (χ2n) is 6.77. The van der Waals surface area contributed by atoms with Crippen molar-refractivity contribution in [2.45, 2.75) is 17.9 Å². The molecule has 0 spiro atoms. The van der Waals surface area contributed by atoms with Crippen molar-refractivity contribution in [3.05, 3.63) is 60.5 Å². The molecule has 1 atom stereocenters. The van der Waals surface area contributed by atoms with Crippen molar-refractivity contribution in [1.82, 2.24) is 24.3 Å². The monoisotopic (exact) mass is 417 g/mol. The Morgan fingerprint density at radius 3 is 2.62 bits per heavy atom. The van der Waals surface area contributed by atoms with Crippen molar-refractivity contribution in [3.8, 4) is 11.4 Å². The molecule has 10 heteroatoms. The van der Waals surface area contributed by atoms with Gasteiger partial charge >= 0.3 is 0 Å². The molecule has 1 aromatic carbocycles.